The number of hydrogen-bond donors (Lipinski definition) is 1. The quantitative estimate of drug-likeness (QED) is 0.283. The van der Waals surface area contributed by atoms with E-state index >= 15 is 0 Å². The maximum absolute atomic E-state index is 13.1. The number of carbonyl (C=O) groups is 2. The summed E-state index contributed by atoms with van der Waals surface area (Å²) in [6, 6.07) is 20.1. The number of ether oxygens (including phenoxy) is 1. The lowest BCUT2D eigenvalue weighted by molar-refractivity contribution is -0.132. The summed E-state index contributed by atoms with van der Waals surface area (Å²) in [6.07, 6.45) is 0. The lowest BCUT2D eigenvalue weighted by Gasteiger charge is -2.25. The smallest absolute Gasteiger partial charge is 0.300 e. The zero-order chi connectivity index (χ0) is 22.1. The molecule has 1 saturated heterocycles. The summed E-state index contributed by atoms with van der Waals surface area (Å²) < 4.78 is 6.08. The third-order valence-electron chi connectivity index (χ3n) is 5.09. The summed E-state index contributed by atoms with van der Waals surface area (Å²) in [5, 5.41) is 11.4. The number of anilines is 1. The second-order valence-corrected chi connectivity index (χ2v) is 8.22. The monoisotopic (exact) mass is 497 g/mol. The molecule has 3 aromatic rings. The van der Waals surface area contributed by atoms with Crippen LogP contribution in [0.25, 0.3) is 5.76 Å². The van der Waals surface area contributed by atoms with Crippen molar-refractivity contribution in [3.05, 3.63) is 99.0 Å². The number of nitrogens with zero attached hydrogens (tertiary/aromatic N) is 1. The maximum atomic E-state index is 13.1. The first-order valence-corrected chi connectivity index (χ1v) is 10.5. The maximum Gasteiger partial charge on any atom is 0.300 e. The number of aliphatic hydroxyl groups excluding tert-OH is 1. The van der Waals surface area contributed by atoms with Gasteiger partial charge in [0, 0.05) is 15.7 Å². The standard InChI is InChI=1S/C24H17BrClNO4/c1-31-17-11-12-19(26)18(13-17)22(28)20-21(14-7-9-15(25)10-8-14)27(24(30)23(20)29)16-5-3-2-4-6-16/h2-13,21,28H,1H3/b22-20+. The van der Waals surface area contributed by atoms with Crippen LogP contribution >= 0.6 is 27.5 Å². The van der Waals surface area contributed by atoms with Gasteiger partial charge in [-0.3, -0.25) is 14.5 Å². The molecule has 156 valence electrons. The molecule has 0 spiro atoms. The minimum atomic E-state index is -0.822. The molecule has 0 bridgehead atoms. The zero-order valence-corrected chi connectivity index (χ0v) is 18.7. The van der Waals surface area contributed by atoms with Gasteiger partial charge in [-0.1, -0.05) is 57.9 Å². The number of benzene rings is 3. The minimum absolute atomic E-state index is 0.0358. The van der Waals surface area contributed by atoms with E-state index in [9.17, 15) is 14.7 Å². The third-order valence-corrected chi connectivity index (χ3v) is 5.95. The number of Topliss-reactive ketones (excluding diaryl/α,β-unsaturated/α-hetero) is 1. The number of para-hydroxylation sites is 1. The molecule has 1 aliphatic rings. The summed E-state index contributed by atoms with van der Waals surface area (Å²) in [5.41, 5.74) is 1.40. The van der Waals surface area contributed by atoms with Crippen molar-refractivity contribution in [1.29, 1.82) is 0 Å². The molecule has 3 aromatic carbocycles. The zero-order valence-electron chi connectivity index (χ0n) is 16.4. The van der Waals surface area contributed by atoms with Crippen LogP contribution in [0.15, 0.2) is 82.8 Å². The van der Waals surface area contributed by atoms with Crippen molar-refractivity contribution in [1.82, 2.24) is 0 Å². The highest BCUT2D eigenvalue weighted by Crippen LogP contribution is 2.43. The molecule has 1 fully saturated rings. The van der Waals surface area contributed by atoms with E-state index in [1.54, 1.807) is 48.5 Å². The van der Waals surface area contributed by atoms with Crippen LogP contribution in [-0.2, 0) is 9.59 Å². The van der Waals surface area contributed by atoms with Crippen LogP contribution in [0.4, 0.5) is 5.69 Å². The van der Waals surface area contributed by atoms with Gasteiger partial charge >= 0.3 is 0 Å². The fourth-order valence-corrected chi connectivity index (χ4v) is 4.08. The molecule has 1 amide bonds. The van der Waals surface area contributed by atoms with Gasteiger partial charge < -0.3 is 9.84 Å². The van der Waals surface area contributed by atoms with Crippen LogP contribution in [0.3, 0.4) is 0 Å². The van der Waals surface area contributed by atoms with Gasteiger partial charge in [-0.05, 0) is 48.0 Å². The Labute approximate surface area is 192 Å². The molecular formula is C24H17BrClNO4. The van der Waals surface area contributed by atoms with Crippen LogP contribution in [-0.4, -0.2) is 23.9 Å². The molecule has 0 radical (unpaired) electrons. The van der Waals surface area contributed by atoms with Crippen molar-refractivity contribution in [2.24, 2.45) is 0 Å². The molecule has 1 heterocycles. The number of hydrogen-bond acceptors (Lipinski definition) is 4. The highest BCUT2D eigenvalue weighted by atomic mass is 79.9. The number of halogens is 2. The lowest BCUT2D eigenvalue weighted by Crippen LogP contribution is -2.29. The first-order chi connectivity index (χ1) is 14.9. The van der Waals surface area contributed by atoms with Crippen molar-refractivity contribution in [2.45, 2.75) is 6.04 Å². The predicted octanol–water partition coefficient (Wildman–Crippen LogP) is 5.74. The van der Waals surface area contributed by atoms with Crippen LogP contribution in [0.2, 0.25) is 5.02 Å². The average Bonchev–Trinajstić information content (AvgIpc) is 3.05. The molecule has 1 aliphatic heterocycles. The molecule has 0 aromatic heterocycles. The van der Waals surface area contributed by atoms with Crippen LogP contribution in [0.1, 0.15) is 17.2 Å². The molecule has 5 nitrogen and oxygen atoms in total. The number of carbonyl (C=O) groups excluding carboxylic acids is 2. The Kier molecular flexibility index (Phi) is 5.85. The normalized spacial score (nSPS) is 17.8. The first kappa shape index (κ1) is 21.2. The molecule has 0 aliphatic carbocycles. The summed E-state index contributed by atoms with van der Waals surface area (Å²) in [6.45, 7) is 0. The van der Waals surface area contributed by atoms with Gasteiger partial charge in [0.25, 0.3) is 11.7 Å². The average molecular weight is 499 g/mol. The van der Waals surface area contributed by atoms with E-state index in [1.807, 2.05) is 18.2 Å². The van der Waals surface area contributed by atoms with E-state index < -0.39 is 17.7 Å². The van der Waals surface area contributed by atoms with Crippen molar-refractivity contribution in [3.8, 4) is 5.75 Å². The highest BCUT2D eigenvalue weighted by molar-refractivity contribution is 9.10. The summed E-state index contributed by atoms with van der Waals surface area (Å²) >= 11 is 9.72. The second kappa shape index (κ2) is 8.57. The van der Waals surface area contributed by atoms with E-state index in [2.05, 4.69) is 15.9 Å². The highest BCUT2D eigenvalue weighted by Gasteiger charge is 2.47. The van der Waals surface area contributed by atoms with Gasteiger partial charge in [-0.25, -0.2) is 0 Å². The first-order valence-electron chi connectivity index (χ1n) is 9.38. The molecule has 7 heteroatoms. The van der Waals surface area contributed by atoms with Crippen LogP contribution in [0, 0.1) is 0 Å². The van der Waals surface area contributed by atoms with E-state index in [-0.39, 0.29) is 21.9 Å². The number of methoxy groups -OCH3 is 1. The van der Waals surface area contributed by atoms with Gasteiger partial charge in [-0.2, -0.15) is 0 Å². The van der Waals surface area contributed by atoms with Crippen molar-refractivity contribution < 1.29 is 19.4 Å². The molecule has 4 rings (SSSR count). The van der Waals surface area contributed by atoms with E-state index in [1.165, 1.54) is 18.1 Å². The van der Waals surface area contributed by atoms with Crippen LogP contribution in [0.5, 0.6) is 5.75 Å². The van der Waals surface area contributed by atoms with Crippen LogP contribution < -0.4 is 9.64 Å². The summed E-state index contributed by atoms with van der Waals surface area (Å²) in [7, 11) is 1.49. The number of rotatable bonds is 4. The van der Waals surface area contributed by atoms with E-state index in [0.29, 0.717) is 17.0 Å². The van der Waals surface area contributed by atoms with Gasteiger partial charge in [0.1, 0.15) is 11.5 Å². The minimum Gasteiger partial charge on any atom is -0.507 e. The Morgan fingerprint density at radius 1 is 1.03 bits per heavy atom. The van der Waals surface area contributed by atoms with Crippen molar-refractivity contribution >= 4 is 50.7 Å². The number of ketones is 1. The Hall–Kier alpha value is -3.09. The third kappa shape index (κ3) is 3.84. The number of aliphatic hydroxyl groups is 1. The van der Waals surface area contributed by atoms with E-state index in [0.717, 1.165) is 4.47 Å². The molecule has 1 unspecified atom stereocenters. The molecular weight excluding hydrogens is 482 g/mol. The lowest BCUT2D eigenvalue weighted by atomic mass is 9.95. The SMILES string of the molecule is COc1ccc(Cl)c(/C(O)=C2\C(=O)C(=O)N(c3ccccc3)C2c2ccc(Br)cc2)c1. The largest absolute Gasteiger partial charge is 0.507 e. The van der Waals surface area contributed by atoms with Crippen molar-refractivity contribution in [3.63, 3.8) is 0 Å². The molecule has 1 N–H and O–H groups in total. The number of amides is 1. The fraction of sp³-hybridized carbons (Fsp3) is 0.0833. The molecule has 31 heavy (non-hydrogen) atoms. The fourth-order valence-electron chi connectivity index (χ4n) is 3.61. The summed E-state index contributed by atoms with van der Waals surface area (Å²) in [4.78, 5) is 27.6. The van der Waals surface area contributed by atoms with Gasteiger partial charge in [0.15, 0.2) is 0 Å². The molecule has 0 saturated carbocycles. The van der Waals surface area contributed by atoms with Gasteiger partial charge in [-0.15, -0.1) is 0 Å². The van der Waals surface area contributed by atoms with Gasteiger partial charge in [0.2, 0.25) is 0 Å². The second-order valence-electron chi connectivity index (χ2n) is 6.90. The van der Waals surface area contributed by atoms with Gasteiger partial charge in [0.05, 0.1) is 23.7 Å². The Balaban J connectivity index is 1.97. The van der Waals surface area contributed by atoms with Crippen molar-refractivity contribution in [2.75, 3.05) is 12.0 Å². The Bertz CT molecular complexity index is 1190. The molecule has 1 atom stereocenters. The predicted molar refractivity (Wildman–Crippen MR) is 123 cm³/mol. The van der Waals surface area contributed by atoms with E-state index in [4.69, 9.17) is 16.3 Å². The summed E-state index contributed by atoms with van der Waals surface area (Å²) in [5.74, 6) is -1.40. The Morgan fingerprint density at radius 2 is 1.71 bits per heavy atom. The topological polar surface area (TPSA) is 66.8 Å². The Morgan fingerprint density at radius 3 is 2.35 bits per heavy atom.